The van der Waals surface area contributed by atoms with Crippen LogP contribution >= 0.6 is 38.9 Å². The predicted octanol–water partition coefficient (Wildman–Crippen LogP) is 4.98. The number of rotatable bonds is 3. The van der Waals surface area contributed by atoms with E-state index < -0.39 is 0 Å². The van der Waals surface area contributed by atoms with Crippen molar-refractivity contribution in [3.63, 3.8) is 0 Å². The van der Waals surface area contributed by atoms with E-state index in [0.29, 0.717) is 16.3 Å². The minimum absolute atomic E-state index is 0.129. The van der Waals surface area contributed by atoms with Gasteiger partial charge in [0.2, 0.25) is 0 Å². The van der Waals surface area contributed by atoms with Gasteiger partial charge in [-0.05, 0) is 30.7 Å². The summed E-state index contributed by atoms with van der Waals surface area (Å²) in [6.45, 7) is 2.07. The van der Waals surface area contributed by atoms with Gasteiger partial charge in [-0.1, -0.05) is 34.5 Å². The normalized spacial score (nSPS) is 10.4. The van der Waals surface area contributed by atoms with E-state index in [-0.39, 0.29) is 5.91 Å². The van der Waals surface area contributed by atoms with Crippen molar-refractivity contribution < 1.29 is 4.79 Å². The Morgan fingerprint density at radius 1 is 1.44 bits per heavy atom. The fourth-order valence-corrected chi connectivity index (χ4v) is 3.01. The van der Waals surface area contributed by atoms with Crippen LogP contribution in [-0.4, -0.2) is 5.91 Å². The molecule has 1 N–H and O–H groups in total. The predicted molar refractivity (Wildman–Crippen MR) is 80.8 cm³/mol. The molecule has 18 heavy (non-hydrogen) atoms. The molecule has 0 bridgehead atoms. The summed E-state index contributed by atoms with van der Waals surface area (Å²) in [4.78, 5) is 13.2. The minimum atomic E-state index is -0.129. The topological polar surface area (TPSA) is 29.1 Å². The standard InChI is InChI=1S/C13H11BrClNOS/c1-2-10-5-8(7-18-10)13(17)16-12-4-3-9(14)6-11(12)15/h3-7H,2H2,1H3,(H,16,17). The van der Waals surface area contributed by atoms with E-state index in [2.05, 4.69) is 28.2 Å². The Morgan fingerprint density at radius 2 is 2.22 bits per heavy atom. The molecule has 0 radical (unpaired) electrons. The molecule has 0 unspecified atom stereocenters. The molecule has 1 heterocycles. The lowest BCUT2D eigenvalue weighted by atomic mass is 10.2. The SMILES string of the molecule is CCc1cc(C(=O)Nc2ccc(Br)cc2Cl)cs1. The van der Waals surface area contributed by atoms with Crippen LogP contribution in [-0.2, 0) is 6.42 Å². The Balaban J connectivity index is 2.16. The molecule has 1 aromatic carbocycles. The van der Waals surface area contributed by atoms with Gasteiger partial charge in [-0.2, -0.15) is 0 Å². The molecule has 0 atom stereocenters. The number of carbonyl (C=O) groups excluding carboxylic acids is 1. The zero-order chi connectivity index (χ0) is 13.1. The smallest absolute Gasteiger partial charge is 0.256 e. The van der Waals surface area contributed by atoms with Gasteiger partial charge < -0.3 is 5.32 Å². The second kappa shape index (κ2) is 5.87. The summed E-state index contributed by atoms with van der Waals surface area (Å²) in [6.07, 6.45) is 0.941. The average molecular weight is 345 g/mol. The summed E-state index contributed by atoms with van der Waals surface area (Å²) in [7, 11) is 0. The quantitative estimate of drug-likeness (QED) is 0.836. The van der Waals surface area contributed by atoms with Crippen LogP contribution < -0.4 is 5.32 Å². The summed E-state index contributed by atoms with van der Waals surface area (Å²) in [5.41, 5.74) is 1.30. The van der Waals surface area contributed by atoms with E-state index in [0.717, 1.165) is 10.9 Å². The number of anilines is 1. The van der Waals surface area contributed by atoms with E-state index in [9.17, 15) is 4.79 Å². The lowest BCUT2D eigenvalue weighted by Crippen LogP contribution is -2.11. The molecule has 2 rings (SSSR count). The van der Waals surface area contributed by atoms with Crippen LogP contribution in [0.1, 0.15) is 22.2 Å². The number of thiophene rings is 1. The third kappa shape index (κ3) is 3.13. The zero-order valence-electron chi connectivity index (χ0n) is 9.67. The third-order valence-corrected chi connectivity index (χ3v) is 4.33. The van der Waals surface area contributed by atoms with E-state index in [4.69, 9.17) is 11.6 Å². The van der Waals surface area contributed by atoms with Crippen LogP contribution in [0.3, 0.4) is 0 Å². The number of hydrogen-bond donors (Lipinski definition) is 1. The van der Waals surface area contributed by atoms with Crippen LogP contribution in [0, 0.1) is 0 Å². The molecule has 0 fully saturated rings. The van der Waals surface area contributed by atoms with E-state index in [1.807, 2.05) is 17.5 Å². The van der Waals surface area contributed by atoms with E-state index in [1.54, 1.807) is 23.5 Å². The molecule has 2 nitrogen and oxygen atoms in total. The highest BCUT2D eigenvalue weighted by Gasteiger charge is 2.10. The van der Waals surface area contributed by atoms with Crippen molar-refractivity contribution in [1.29, 1.82) is 0 Å². The lowest BCUT2D eigenvalue weighted by Gasteiger charge is -2.06. The maximum Gasteiger partial charge on any atom is 0.256 e. The molecule has 1 aromatic heterocycles. The number of nitrogens with one attached hydrogen (secondary N) is 1. The van der Waals surface area contributed by atoms with Gasteiger partial charge in [0.1, 0.15) is 0 Å². The Morgan fingerprint density at radius 3 is 2.83 bits per heavy atom. The molecule has 0 saturated carbocycles. The average Bonchev–Trinajstić information content (AvgIpc) is 2.81. The van der Waals surface area contributed by atoms with Crippen LogP contribution in [0.5, 0.6) is 0 Å². The van der Waals surface area contributed by atoms with Gasteiger partial charge in [-0.3, -0.25) is 4.79 Å². The molecule has 0 aliphatic heterocycles. The zero-order valence-corrected chi connectivity index (χ0v) is 12.8. The van der Waals surface area contributed by atoms with Crippen molar-refractivity contribution in [2.75, 3.05) is 5.32 Å². The third-order valence-electron chi connectivity index (χ3n) is 2.44. The summed E-state index contributed by atoms with van der Waals surface area (Å²) >= 11 is 11.0. The van der Waals surface area contributed by atoms with Crippen molar-refractivity contribution in [1.82, 2.24) is 0 Å². The molecule has 0 aliphatic rings. The second-order valence-corrected chi connectivity index (χ2v) is 6.05. The number of aryl methyl sites for hydroxylation is 1. The highest BCUT2D eigenvalue weighted by atomic mass is 79.9. The van der Waals surface area contributed by atoms with Crippen LogP contribution in [0.4, 0.5) is 5.69 Å². The monoisotopic (exact) mass is 343 g/mol. The Labute approximate surface area is 123 Å². The Kier molecular flexibility index (Phi) is 4.43. The number of hydrogen-bond acceptors (Lipinski definition) is 2. The van der Waals surface area contributed by atoms with Gasteiger partial charge >= 0.3 is 0 Å². The fourth-order valence-electron chi connectivity index (χ4n) is 1.47. The van der Waals surface area contributed by atoms with Crippen LogP contribution in [0.2, 0.25) is 5.02 Å². The molecule has 94 valence electrons. The molecule has 1 amide bonds. The van der Waals surface area contributed by atoms with Gasteiger partial charge in [0.15, 0.2) is 0 Å². The maximum atomic E-state index is 12.0. The summed E-state index contributed by atoms with van der Waals surface area (Å²) in [5, 5.41) is 5.19. The summed E-state index contributed by atoms with van der Waals surface area (Å²) in [6, 6.07) is 7.28. The number of carbonyl (C=O) groups is 1. The van der Waals surface area contributed by atoms with Gasteiger partial charge in [-0.25, -0.2) is 0 Å². The lowest BCUT2D eigenvalue weighted by molar-refractivity contribution is 0.102. The first-order valence-electron chi connectivity index (χ1n) is 5.44. The van der Waals surface area contributed by atoms with Crippen molar-refractivity contribution in [3.05, 3.63) is 49.6 Å². The fraction of sp³-hybridized carbons (Fsp3) is 0.154. The largest absolute Gasteiger partial charge is 0.321 e. The van der Waals surface area contributed by atoms with Crippen molar-refractivity contribution >= 4 is 50.5 Å². The molecule has 0 saturated heterocycles. The van der Waals surface area contributed by atoms with Gasteiger partial charge in [0.25, 0.3) is 5.91 Å². The van der Waals surface area contributed by atoms with E-state index in [1.165, 1.54) is 4.88 Å². The first-order chi connectivity index (χ1) is 8.60. The summed E-state index contributed by atoms with van der Waals surface area (Å²) in [5.74, 6) is -0.129. The first kappa shape index (κ1) is 13.6. The highest BCUT2D eigenvalue weighted by Crippen LogP contribution is 2.26. The molecule has 0 aliphatic carbocycles. The molecule has 2 aromatic rings. The van der Waals surface area contributed by atoms with Crippen molar-refractivity contribution in [3.8, 4) is 0 Å². The Hall–Kier alpha value is -0.840. The van der Waals surface area contributed by atoms with E-state index >= 15 is 0 Å². The first-order valence-corrected chi connectivity index (χ1v) is 7.49. The van der Waals surface area contributed by atoms with Crippen molar-refractivity contribution in [2.45, 2.75) is 13.3 Å². The molecule has 5 heteroatoms. The number of halogens is 2. The highest BCUT2D eigenvalue weighted by molar-refractivity contribution is 9.10. The van der Waals surface area contributed by atoms with Gasteiger partial charge in [-0.15, -0.1) is 11.3 Å². The number of benzene rings is 1. The minimum Gasteiger partial charge on any atom is -0.321 e. The van der Waals surface area contributed by atoms with Gasteiger partial charge in [0.05, 0.1) is 16.3 Å². The molecular formula is C13H11BrClNOS. The second-order valence-electron chi connectivity index (χ2n) is 3.73. The van der Waals surface area contributed by atoms with Crippen molar-refractivity contribution in [2.24, 2.45) is 0 Å². The molecule has 0 spiro atoms. The van der Waals surface area contributed by atoms with Gasteiger partial charge in [0, 0.05) is 14.7 Å². The van der Waals surface area contributed by atoms with Crippen LogP contribution in [0.15, 0.2) is 34.1 Å². The summed E-state index contributed by atoms with van der Waals surface area (Å²) < 4.78 is 0.884. The molecular weight excluding hydrogens is 334 g/mol. The Bertz CT molecular complexity index is 582. The van der Waals surface area contributed by atoms with Crippen LogP contribution in [0.25, 0.3) is 0 Å². The maximum absolute atomic E-state index is 12.0. The number of amides is 1.